The van der Waals surface area contributed by atoms with Crippen molar-refractivity contribution in [3.8, 4) is 0 Å². The first-order valence-corrected chi connectivity index (χ1v) is 10.6. The Hall–Kier alpha value is -1.31. The standard InChI is InChI=1S/C22H32N4O.HI/c1-2-23-21(26-14-12-22(17-26)10-5-6-11-22)24-15-20(27)25-13-9-18-7-3-4-8-19(18)16-25;/h3-4,7-8H,2,5-6,9-17H2,1H3,(H,23,24);1H. The molecule has 6 heteroatoms. The van der Waals surface area contributed by atoms with Gasteiger partial charge in [-0.2, -0.15) is 0 Å². The molecule has 0 atom stereocenters. The average molecular weight is 496 g/mol. The molecule has 1 amide bonds. The topological polar surface area (TPSA) is 47.9 Å². The molecule has 3 aliphatic rings. The lowest BCUT2D eigenvalue weighted by Crippen LogP contribution is -2.42. The molecule has 1 saturated heterocycles. The fraction of sp³-hybridized carbons (Fsp3) is 0.636. The Morgan fingerprint density at radius 2 is 1.86 bits per heavy atom. The molecule has 4 rings (SSSR count). The van der Waals surface area contributed by atoms with Crippen LogP contribution in [0.5, 0.6) is 0 Å². The number of fused-ring (bicyclic) bond motifs is 1. The lowest BCUT2D eigenvalue weighted by Gasteiger charge is -2.29. The molecule has 2 aliphatic heterocycles. The molecule has 0 unspecified atom stereocenters. The van der Waals surface area contributed by atoms with E-state index < -0.39 is 0 Å². The molecule has 1 aliphatic carbocycles. The molecule has 1 N–H and O–H groups in total. The van der Waals surface area contributed by atoms with Gasteiger partial charge in [0, 0.05) is 32.7 Å². The van der Waals surface area contributed by atoms with Crippen molar-refractivity contribution in [1.82, 2.24) is 15.1 Å². The summed E-state index contributed by atoms with van der Waals surface area (Å²) in [4.78, 5) is 21.8. The van der Waals surface area contributed by atoms with E-state index in [0.29, 0.717) is 12.0 Å². The minimum Gasteiger partial charge on any atom is -0.357 e. The predicted octanol–water partition coefficient (Wildman–Crippen LogP) is 3.42. The molecule has 0 radical (unpaired) electrons. The summed E-state index contributed by atoms with van der Waals surface area (Å²) < 4.78 is 0. The summed E-state index contributed by atoms with van der Waals surface area (Å²) in [5.74, 6) is 1.06. The first-order chi connectivity index (χ1) is 13.2. The third-order valence-corrected chi connectivity index (χ3v) is 6.58. The van der Waals surface area contributed by atoms with Gasteiger partial charge in [0.25, 0.3) is 0 Å². The first kappa shape index (κ1) is 21.4. The van der Waals surface area contributed by atoms with Crippen LogP contribution in [0.2, 0.25) is 0 Å². The smallest absolute Gasteiger partial charge is 0.244 e. The number of amides is 1. The Morgan fingerprint density at radius 1 is 1.11 bits per heavy atom. The molecule has 1 aromatic rings. The van der Waals surface area contributed by atoms with E-state index in [4.69, 9.17) is 4.99 Å². The number of carbonyl (C=O) groups excluding carboxylic acids is 1. The normalized spacial score (nSPS) is 20.8. The van der Waals surface area contributed by atoms with Crippen LogP contribution in [0.1, 0.15) is 50.2 Å². The molecule has 2 heterocycles. The van der Waals surface area contributed by atoms with Crippen molar-refractivity contribution < 1.29 is 4.79 Å². The number of carbonyl (C=O) groups is 1. The maximum Gasteiger partial charge on any atom is 0.244 e. The van der Waals surface area contributed by atoms with Crippen LogP contribution in [0.25, 0.3) is 0 Å². The van der Waals surface area contributed by atoms with Gasteiger partial charge >= 0.3 is 0 Å². The average Bonchev–Trinajstić information content (AvgIpc) is 3.34. The fourth-order valence-corrected chi connectivity index (χ4v) is 5.03. The molecular formula is C22H33IN4O. The van der Waals surface area contributed by atoms with E-state index >= 15 is 0 Å². The Kier molecular flexibility index (Phi) is 7.23. The molecule has 1 saturated carbocycles. The van der Waals surface area contributed by atoms with Crippen LogP contribution in [-0.4, -0.2) is 54.4 Å². The summed E-state index contributed by atoms with van der Waals surface area (Å²) in [6.45, 7) is 6.87. The number of aliphatic imine (C=N–C) groups is 1. The fourth-order valence-electron chi connectivity index (χ4n) is 5.03. The Labute approximate surface area is 186 Å². The first-order valence-electron chi connectivity index (χ1n) is 10.6. The van der Waals surface area contributed by atoms with Gasteiger partial charge in [0.05, 0.1) is 0 Å². The molecule has 0 bridgehead atoms. The van der Waals surface area contributed by atoms with Crippen molar-refractivity contribution in [3.05, 3.63) is 35.4 Å². The third-order valence-electron chi connectivity index (χ3n) is 6.58. The summed E-state index contributed by atoms with van der Waals surface area (Å²) in [7, 11) is 0. The van der Waals surface area contributed by atoms with Gasteiger partial charge in [0.2, 0.25) is 5.91 Å². The van der Waals surface area contributed by atoms with E-state index in [-0.39, 0.29) is 36.4 Å². The summed E-state index contributed by atoms with van der Waals surface area (Å²) in [6.07, 6.45) is 7.67. The van der Waals surface area contributed by atoms with E-state index in [2.05, 4.69) is 41.4 Å². The van der Waals surface area contributed by atoms with Crippen molar-refractivity contribution >= 4 is 35.8 Å². The van der Waals surface area contributed by atoms with Gasteiger partial charge in [-0.05, 0) is 49.1 Å². The molecule has 1 aromatic carbocycles. The molecule has 5 nitrogen and oxygen atoms in total. The van der Waals surface area contributed by atoms with Gasteiger partial charge in [-0.25, -0.2) is 4.99 Å². The lowest BCUT2D eigenvalue weighted by atomic mass is 9.86. The largest absolute Gasteiger partial charge is 0.357 e. The number of hydrogen-bond acceptors (Lipinski definition) is 2. The minimum atomic E-state index is 0. The molecule has 28 heavy (non-hydrogen) atoms. The number of nitrogens with one attached hydrogen (secondary N) is 1. The number of rotatable bonds is 3. The Morgan fingerprint density at radius 3 is 2.61 bits per heavy atom. The third kappa shape index (κ3) is 4.63. The van der Waals surface area contributed by atoms with E-state index in [1.54, 1.807) is 0 Å². The van der Waals surface area contributed by atoms with Gasteiger partial charge < -0.3 is 15.1 Å². The second-order valence-corrected chi connectivity index (χ2v) is 8.38. The minimum absolute atomic E-state index is 0. The number of guanidine groups is 1. The van der Waals surface area contributed by atoms with E-state index in [9.17, 15) is 4.79 Å². The molecule has 1 spiro atoms. The van der Waals surface area contributed by atoms with Crippen molar-refractivity contribution in [2.24, 2.45) is 10.4 Å². The molecule has 154 valence electrons. The van der Waals surface area contributed by atoms with Crippen LogP contribution in [0.4, 0.5) is 0 Å². The van der Waals surface area contributed by atoms with Gasteiger partial charge in [-0.15, -0.1) is 24.0 Å². The van der Waals surface area contributed by atoms with Crippen LogP contribution < -0.4 is 5.32 Å². The second kappa shape index (κ2) is 9.46. The number of benzene rings is 1. The van der Waals surface area contributed by atoms with Gasteiger partial charge in [0.1, 0.15) is 6.54 Å². The van der Waals surface area contributed by atoms with Crippen LogP contribution in [0, 0.1) is 5.41 Å². The zero-order valence-corrected chi connectivity index (χ0v) is 19.3. The van der Waals surface area contributed by atoms with Crippen LogP contribution in [0.15, 0.2) is 29.3 Å². The maximum absolute atomic E-state index is 12.8. The quantitative estimate of drug-likeness (QED) is 0.397. The zero-order valence-electron chi connectivity index (χ0n) is 17.0. The maximum atomic E-state index is 12.8. The summed E-state index contributed by atoms with van der Waals surface area (Å²) in [6, 6.07) is 8.44. The summed E-state index contributed by atoms with van der Waals surface area (Å²) in [5, 5.41) is 3.41. The molecule has 2 fully saturated rings. The predicted molar refractivity (Wildman–Crippen MR) is 124 cm³/mol. The van der Waals surface area contributed by atoms with E-state index in [1.807, 2.05) is 4.90 Å². The highest BCUT2D eigenvalue weighted by atomic mass is 127. The van der Waals surface area contributed by atoms with Crippen molar-refractivity contribution in [2.75, 3.05) is 32.7 Å². The SMILES string of the molecule is CCNC(=NCC(=O)N1CCc2ccccc2C1)N1CCC2(CCCC2)C1.I. The van der Waals surface area contributed by atoms with E-state index in [1.165, 1.54) is 43.2 Å². The lowest BCUT2D eigenvalue weighted by molar-refractivity contribution is -0.130. The number of hydrogen-bond donors (Lipinski definition) is 1. The van der Waals surface area contributed by atoms with Gasteiger partial charge in [-0.3, -0.25) is 4.79 Å². The Bertz CT molecular complexity index is 714. The molecular weight excluding hydrogens is 463 g/mol. The molecule has 0 aromatic heterocycles. The summed E-state index contributed by atoms with van der Waals surface area (Å²) in [5.41, 5.74) is 3.16. The number of nitrogens with zero attached hydrogens (tertiary/aromatic N) is 3. The second-order valence-electron chi connectivity index (χ2n) is 8.38. The van der Waals surface area contributed by atoms with Crippen LogP contribution >= 0.6 is 24.0 Å². The van der Waals surface area contributed by atoms with Crippen molar-refractivity contribution in [1.29, 1.82) is 0 Å². The number of halogens is 1. The number of likely N-dealkylation sites (tertiary alicyclic amines) is 1. The summed E-state index contributed by atoms with van der Waals surface area (Å²) >= 11 is 0. The zero-order chi connectivity index (χ0) is 18.7. The highest BCUT2D eigenvalue weighted by Gasteiger charge is 2.41. The van der Waals surface area contributed by atoms with Crippen LogP contribution in [0.3, 0.4) is 0 Å². The van der Waals surface area contributed by atoms with Crippen molar-refractivity contribution in [3.63, 3.8) is 0 Å². The highest BCUT2D eigenvalue weighted by Crippen LogP contribution is 2.45. The van der Waals surface area contributed by atoms with Gasteiger partial charge in [-0.1, -0.05) is 37.1 Å². The van der Waals surface area contributed by atoms with E-state index in [0.717, 1.165) is 38.6 Å². The Balaban J connectivity index is 0.00000225. The highest BCUT2D eigenvalue weighted by molar-refractivity contribution is 14.0. The van der Waals surface area contributed by atoms with Crippen LogP contribution in [-0.2, 0) is 17.8 Å². The monoisotopic (exact) mass is 496 g/mol. The van der Waals surface area contributed by atoms with Crippen molar-refractivity contribution in [2.45, 2.75) is 52.0 Å². The van der Waals surface area contributed by atoms with Gasteiger partial charge in [0.15, 0.2) is 5.96 Å².